The van der Waals surface area contributed by atoms with E-state index in [1.165, 1.54) is 0 Å². The summed E-state index contributed by atoms with van der Waals surface area (Å²) in [6.45, 7) is 5.20. The van der Waals surface area contributed by atoms with Gasteiger partial charge in [-0.2, -0.15) is 0 Å². The zero-order valence-corrected chi connectivity index (χ0v) is 14.5. The summed E-state index contributed by atoms with van der Waals surface area (Å²) in [7, 11) is 3.13. The first kappa shape index (κ1) is 19.5. The average Bonchev–Trinajstić information content (AvgIpc) is 2.58. The van der Waals surface area contributed by atoms with Gasteiger partial charge in [-0.15, -0.1) is 12.4 Å². The Kier molecular flexibility index (Phi) is 8.76. The third-order valence-corrected chi connectivity index (χ3v) is 3.69. The molecule has 7 heteroatoms. The summed E-state index contributed by atoms with van der Waals surface area (Å²) in [5.74, 6) is 1.08. The second kappa shape index (κ2) is 10.3. The molecule has 1 amide bonds. The van der Waals surface area contributed by atoms with Crippen molar-refractivity contribution in [3.63, 3.8) is 0 Å². The molecule has 23 heavy (non-hydrogen) atoms. The predicted molar refractivity (Wildman–Crippen MR) is 91.0 cm³/mol. The number of nitrogens with one attached hydrogen (secondary N) is 1. The van der Waals surface area contributed by atoms with Crippen molar-refractivity contribution in [2.45, 2.75) is 6.42 Å². The predicted octanol–water partition coefficient (Wildman–Crippen LogP) is 1.58. The monoisotopic (exact) mass is 344 g/mol. The first-order chi connectivity index (χ1) is 10.7. The van der Waals surface area contributed by atoms with Crippen molar-refractivity contribution in [3.8, 4) is 11.5 Å². The summed E-state index contributed by atoms with van der Waals surface area (Å²) in [6, 6.07) is 5.16. The SMILES string of the molecule is COc1ccc(C(=O)NCCCN2CCOCC2)cc1OC.Cl. The second-order valence-corrected chi connectivity index (χ2v) is 5.13. The van der Waals surface area contributed by atoms with E-state index in [-0.39, 0.29) is 18.3 Å². The Morgan fingerprint density at radius 1 is 1.22 bits per heavy atom. The number of nitrogens with zero attached hydrogens (tertiary/aromatic N) is 1. The van der Waals surface area contributed by atoms with Gasteiger partial charge in [-0.25, -0.2) is 0 Å². The number of methoxy groups -OCH3 is 2. The Morgan fingerprint density at radius 3 is 2.57 bits per heavy atom. The van der Waals surface area contributed by atoms with E-state index in [1.54, 1.807) is 32.4 Å². The lowest BCUT2D eigenvalue weighted by Gasteiger charge is -2.26. The molecule has 1 aliphatic heterocycles. The number of hydrogen-bond acceptors (Lipinski definition) is 5. The molecule has 1 aromatic rings. The highest BCUT2D eigenvalue weighted by molar-refractivity contribution is 5.94. The summed E-state index contributed by atoms with van der Waals surface area (Å²) in [5, 5.41) is 2.93. The molecular weight excluding hydrogens is 320 g/mol. The fourth-order valence-electron chi connectivity index (χ4n) is 2.41. The standard InChI is InChI=1S/C16H24N2O4.ClH/c1-20-14-5-4-13(12-15(14)21-2)16(19)17-6-3-7-18-8-10-22-11-9-18;/h4-5,12H,3,6-11H2,1-2H3,(H,17,19);1H. The number of benzene rings is 1. The normalized spacial score (nSPS) is 14.7. The van der Waals surface area contributed by atoms with Gasteiger partial charge in [0.15, 0.2) is 11.5 Å². The molecule has 1 aromatic carbocycles. The Balaban J connectivity index is 0.00000264. The Hall–Kier alpha value is -1.50. The molecule has 130 valence electrons. The number of carbonyl (C=O) groups is 1. The van der Waals surface area contributed by atoms with Gasteiger partial charge in [0.1, 0.15) is 0 Å². The van der Waals surface area contributed by atoms with Gasteiger partial charge in [0.2, 0.25) is 0 Å². The van der Waals surface area contributed by atoms with Crippen LogP contribution in [0.3, 0.4) is 0 Å². The van der Waals surface area contributed by atoms with Crippen molar-refractivity contribution in [1.29, 1.82) is 0 Å². The van der Waals surface area contributed by atoms with Crippen LogP contribution in [0.5, 0.6) is 11.5 Å². The van der Waals surface area contributed by atoms with Gasteiger partial charge in [-0.05, 0) is 31.2 Å². The highest BCUT2D eigenvalue weighted by Crippen LogP contribution is 2.27. The van der Waals surface area contributed by atoms with Gasteiger partial charge in [0.05, 0.1) is 27.4 Å². The van der Waals surface area contributed by atoms with E-state index in [9.17, 15) is 4.79 Å². The van der Waals surface area contributed by atoms with Gasteiger partial charge >= 0.3 is 0 Å². The van der Waals surface area contributed by atoms with E-state index in [0.717, 1.165) is 39.3 Å². The lowest BCUT2D eigenvalue weighted by Crippen LogP contribution is -2.38. The number of rotatable bonds is 7. The summed E-state index contributed by atoms with van der Waals surface area (Å²) < 4.78 is 15.7. The maximum atomic E-state index is 12.1. The number of halogens is 1. The van der Waals surface area contributed by atoms with Crippen molar-refractivity contribution in [1.82, 2.24) is 10.2 Å². The minimum absolute atomic E-state index is 0. The van der Waals surface area contributed by atoms with E-state index in [1.807, 2.05) is 0 Å². The van der Waals surface area contributed by atoms with Crippen molar-refractivity contribution in [2.24, 2.45) is 0 Å². The topological polar surface area (TPSA) is 60.0 Å². The van der Waals surface area contributed by atoms with E-state index >= 15 is 0 Å². The number of amides is 1. The molecule has 0 saturated carbocycles. The van der Waals surface area contributed by atoms with Crippen LogP contribution in [0.2, 0.25) is 0 Å². The third-order valence-electron chi connectivity index (χ3n) is 3.69. The van der Waals surface area contributed by atoms with Gasteiger partial charge in [0.25, 0.3) is 5.91 Å². The Labute approximate surface area is 143 Å². The van der Waals surface area contributed by atoms with Crippen molar-refractivity contribution < 1.29 is 19.0 Å². The van der Waals surface area contributed by atoms with Gasteiger partial charge in [-0.1, -0.05) is 0 Å². The molecule has 2 rings (SSSR count). The van der Waals surface area contributed by atoms with E-state index in [0.29, 0.717) is 23.6 Å². The van der Waals surface area contributed by atoms with Crippen LogP contribution in [-0.2, 0) is 4.74 Å². The molecule has 0 bridgehead atoms. The molecule has 0 aliphatic carbocycles. The van der Waals surface area contributed by atoms with Crippen molar-refractivity contribution >= 4 is 18.3 Å². The summed E-state index contributed by atoms with van der Waals surface area (Å²) in [5.41, 5.74) is 0.573. The van der Waals surface area contributed by atoms with Crippen LogP contribution in [0.15, 0.2) is 18.2 Å². The molecule has 0 aromatic heterocycles. The first-order valence-electron chi connectivity index (χ1n) is 7.55. The summed E-state index contributed by atoms with van der Waals surface area (Å²) in [4.78, 5) is 14.5. The summed E-state index contributed by atoms with van der Waals surface area (Å²) in [6.07, 6.45) is 0.930. The molecule has 6 nitrogen and oxygen atoms in total. The lowest BCUT2D eigenvalue weighted by atomic mass is 10.2. The number of hydrogen-bond donors (Lipinski definition) is 1. The maximum Gasteiger partial charge on any atom is 0.251 e. The van der Waals surface area contributed by atoms with Gasteiger partial charge < -0.3 is 19.5 Å². The number of morpholine rings is 1. The zero-order valence-electron chi connectivity index (χ0n) is 13.7. The van der Waals surface area contributed by atoms with Crippen LogP contribution in [-0.4, -0.2) is 64.4 Å². The molecule has 1 fully saturated rings. The third kappa shape index (κ3) is 5.89. The first-order valence-corrected chi connectivity index (χ1v) is 7.55. The minimum atomic E-state index is -0.0945. The molecule has 0 spiro atoms. The van der Waals surface area contributed by atoms with Crippen LogP contribution in [0.25, 0.3) is 0 Å². The van der Waals surface area contributed by atoms with E-state index in [4.69, 9.17) is 14.2 Å². The van der Waals surface area contributed by atoms with Gasteiger partial charge in [0, 0.05) is 25.2 Å². The maximum absolute atomic E-state index is 12.1. The average molecular weight is 345 g/mol. The Bertz CT molecular complexity index is 493. The quantitative estimate of drug-likeness (QED) is 0.761. The molecular formula is C16H25ClN2O4. The molecule has 1 saturated heterocycles. The van der Waals surface area contributed by atoms with Crippen molar-refractivity contribution in [3.05, 3.63) is 23.8 Å². The second-order valence-electron chi connectivity index (χ2n) is 5.13. The molecule has 1 heterocycles. The Morgan fingerprint density at radius 2 is 1.91 bits per heavy atom. The molecule has 1 aliphatic rings. The summed E-state index contributed by atoms with van der Waals surface area (Å²) >= 11 is 0. The fourth-order valence-corrected chi connectivity index (χ4v) is 2.41. The zero-order chi connectivity index (χ0) is 15.8. The molecule has 0 atom stereocenters. The number of carbonyl (C=O) groups excluding carboxylic acids is 1. The van der Waals surface area contributed by atoms with Gasteiger partial charge in [-0.3, -0.25) is 9.69 Å². The largest absolute Gasteiger partial charge is 0.493 e. The fraction of sp³-hybridized carbons (Fsp3) is 0.562. The molecule has 0 radical (unpaired) electrons. The van der Waals surface area contributed by atoms with Crippen LogP contribution in [0.1, 0.15) is 16.8 Å². The lowest BCUT2D eigenvalue weighted by molar-refractivity contribution is 0.0374. The van der Waals surface area contributed by atoms with E-state index < -0.39 is 0 Å². The van der Waals surface area contributed by atoms with Crippen LogP contribution >= 0.6 is 12.4 Å². The number of ether oxygens (including phenoxy) is 3. The smallest absolute Gasteiger partial charge is 0.251 e. The molecule has 1 N–H and O–H groups in total. The van der Waals surface area contributed by atoms with E-state index in [2.05, 4.69) is 10.2 Å². The molecule has 0 unspecified atom stereocenters. The van der Waals surface area contributed by atoms with Crippen LogP contribution in [0.4, 0.5) is 0 Å². The highest BCUT2D eigenvalue weighted by Gasteiger charge is 2.12. The van der Waals surface area contributed by atoms with Crippen molar-refractivity contribution in [2.75, 3.05) is 53.6 Å². The van der Waals surface area contributed by atoms with Crippen LogP contribution in [0, 0.1) is 0 Å². The highest BCUT2D eigenvalue weighted by atomic mass is 35.5. The van der Waals surface area contributed by atoms with Crippen LogP contribution < -0.4 is 14.8 Å². The minimum Gasteiger partial charge on any atom is -0.493 e.